The minimum atomic E-state index is 0.0584. The molecule has 1 N–H and O–H groups in total. The highest BCUT2D eigenvalue weighted by atomic mass is 16.2. The highest BCUT2D eigenvalue weighted by molar-refractivity contribution is 6.03. The lowest BCUT2D eigenvalue weighted by Gasteiger charge is -2.41. The summed E-state index contributed by atoms with van der Waals surface area (Å²) in [6, 6.07) is 6.28. The largest absolute Gasteiger partial charge is 0.358 e. The molecule has 1 aromatic carbocycles. The van der Waals surface area contributed by atoms with Gasteiger partial charge in [-0.2, -0.15) is 0 Å². The van der Waals surface area contributed by atoms with E-state index in [0.29, 0.717) is 0 Å². The minimum Gasteiger partial charge on any atom is -0.358 e. The molecule has 2 aliphatic heterocycles. The topological polar surface area (TPSA) is 32.3 Å². The Morgan fingerprint density at radius 2 is 2.25 bits per heavy atom. The molecule has 16 heavy (non-hydrogen) atoms. The number of carbonyl (C=O) groups is 1. The molecule has 0 aliphatic carbocycles. The second-order valence-electron chi connectivity index (χ2n) is 4.71. The molecule has 1 fully saturated rings. The molecule has 3 heteroatoms. The third-order valence-electron chi connectivity index (χ3n) is 3.53. The molecule has 2 aliphatic rings. The lowest BCUT2D eigenvalue weighted by Crippen LogP contribution is -2.50. The van der Waals surface area contributed by atoms with Crippen LogP contribution in [0.1, 0.15) is 24.8 Å². The van der Waals surface area contributed by atoms with Crippen molar-refractivity contribution in [2.24, 2.45) is 0 Å². The number of anilines is 2. The van der Waals surface area contributed by atoms with Crippen molar-refractivity contribution >= 4 is 17.3 Å². The van der Waals surface area contributed by atoms with E-state index < -0.39 is 0 Å². The molecule has 1 unspecified atom stereocenters. The third-order valence-corrected chi connectivity index (χ3v) is 3.53. The van der Waals surface area contributed by atoms with E-state index in [-0.39, 0.29) is 11.9 Å². The Kier molecular flexibility index (Phi) is 2.13. The normalized spacial score (nSPS) is 23.4. The van der Waals surface area contributed by atoms with Crippen LogP contribution in [0, 0.1) is 6.92 Å². The Morgan fingerprint density at radius 3 is 3.12 bits per heavy atom. The lowest BCUT2D eigenvalue weighted by atomic mass is 9.97. The molecular formula is C13H16N2O. The van der Waals surface area contributed by atoms with Crippen molar-refractivity contribution in [3.05, 3.63) is 23.8 Å². The number of nitrogens with zero attached hydrogens (tertiary/aromatic N) is 1. The maximum Gasteiger partial charge on any atom is 0.247 e. The lowest BCUT2D eigenvalue weighted by molar-refractivity contribution is -0.118. The second-order valence-corrected chi connectivity index (χ2v) is 4.71. The summed E-state index contributed by atoms with van der Waals surface area (Å²) in [6.45, 7) is 3.10. The molecular weight excluding hydrogens is 200 g/mol. The number of hydrogen-bond donors (Lipinski definition) is 1. The van der Waals surface area contributed by atoms with E-state index in [0.717, 1.165) is 25.1 Å². The van der Waals surface area contributed by atoms with Gasteiger partial charge in [0.2, 0.25) is 5.91 Å². The van der Waals surface area contributed by atoms with Crippen LogP contribution in [-0.2, 0) is 4.79 Å². The Morgan fingerprint density at radius 1 is 1.38 bits per heavy atom. The number of piperidine rings is 1. The van der Waals surface area contributed by atoms with Crippen LogP contribution < -0.4 is 10.2 Å². The number of benzene rings is 1. The number of fused-ring (bicyclic) bond motifs is 3. The molecule has 0 aromatic heterocycles. The summed E-state index contributed by atoms with van der Waals surface area (Å²) < 4.78 is 0. The predicted molar refractivity (Wildman–Crippen MR) is 64.8 cm³/mol. The van der Waals surface area contributed by atoms with E-state index in [1.165, 1.54) is 17.7 Å². The molecule has 3 rings (SSSR count). The fourth-order valence-electron chi connectivity index (χ4n) is 2.69. The van der Waals surface area contributed by atoms with Gasteiger partial charge in [-0.15, -0.1) is 0 Å². The number of nitrogens with one attached hydrogen (secondary N) is 1. The molecule has 2 heterocycles. The van der Waals surface area contributed by atoms with Crippen LogP contribution >= 0.6 is 0 Å². The fourth-order valence-corrected chi connectivity index (χ4v) is 2.69. The van der Waals surface area contributed by atoms with E-state index in [9.17, 15) is 4.79 Å². The van der Waals surface area contributed by atoms with E-state index in [4.69, 9.17) is 0 Å². The second kappa shape index (κ2) is 3.51. The SMILES string of the molecule is Cc1ccc2c(c1)N1CCCCC1C(=O)N2. The van der Waals surface area contributed by atoms with Crippen molar-refractivity contribution in [2.75, 3.05) is 16.8 Å². The minimum absolute atomic E-state index is 0.0584. The van der Waals surface area contributed by atoms with Crippen LogP contribution in [0.3, 0.4) is 0 Å². The fraction of sp³-hybridized carbons (Fsp3) is 0.462. The molecule has 84 valence electrons. The molecule has 1 aromatic rings. The molecule has 1 saturated heterocycles. The van der Waals surface area contributed by atoms with Gasteiger partial charge in [0.15, 0.2) is 0 Å². The zero-order chi connectivity index (χ0) is 11.1. The summed E-state index contributed by atoms with van der Waals surface area (Å²) in [5.74, 6) is 0.163. The van der Waals surface area contributed by atoms with Gasteiger partial charge in [-0.05, 0) is 43.9 Å². The monoisotopic (exact) mass is 216 g/mol. The van der Waals surface area contributed by atoms with Crippen LogP contribution in [0.4, 0.5) is 11.4 Å². The van der Waals surface area contributed by atoms with E-state index in [2.05, 4.69) is 23.2 Å². The maximum absolute atomic E-state index is 11.9. The molecule has 0 radical (unpaired) electrons. The van der Waals surface area contributed by atoms with Gasteiger partial charge in [-0.25, -0.2) is 0 Å². The highest BCUT2D eigenvalue weighted by Gasteiger charge is 2.34. The van der Waals surface area contributed by atoms with Crippen molar-refractivity contribution in [3.63, 3.8) is 0 Å². The highest BCUT2D eigenvalue weighted by Crippen LogP contribution is 2.36. The molecule has 1 amide bonds. The Labute approximate surface area is 95.4 Å². The average Bonchev–Trinajstić information content (AvgIpc) is 2.31. The Hall–Kier alpha value is -1.51. The van der Waals surface area contributed by atoms with Crippen LogP contribution in [0.5, 0.6) is 0 Å². The number of rotatable bonds is 0. The molecule has 0 saturated carbocycles. The number of aryl methyl sites for hydroxylation is 1. The molecule has 3 nitrogen and oxygen atoms in total. The van der Waals surface area contributed by atoms with Crippen LogP contribution in [0.2, 0.25) is 0 Å². The van der Waals surface area contributed by atoms with Gasteiger partial charge in [0.25, 0.3) is 0 Å². The number of carbonyl (C=O) groups excluding carboxylic acids is 1. The van der Waals surface area contributed by atoms with E-state index >= 15 is 0 Å². The van der Waals surface area contributed by atoms with Gasteiger partial charge in [-0.3, -0.25) is 4.79 Å². The van der Waals surface area contributed by atoms with Crippen LogP contribution in [0.25, 0.3) is 0 Å². The first-order valence-corrected chi connectivity index (χ1v) is 5.94. The van der Waals surface area contributed by atoms with Crippen LogP contribution in [-0.4, -0.2) is 18.5 Å². The molecule has 0 bridgehead atoms. The summed E-state index contributed by atoms with van der Waals surface area (Å²) in [5, 5.41) is 3.01. The first-order valence-electron chi connectivity index (χ1n) is 5.94. The molecule has 1 atom stereocenters. The zero-order valence-electron chi connectivity index (χ0n) is 9.49. The summed E-state index contributed by atoms with van der Waals surface area (Å²) in [6.07, 6.45) is 3.34. The first kappa shape index (κ1) is 9.70. The van der Waals surface area contributed by atoms with Gasteiger partial charge in [0.1, 0.15) is 6.04 Å². The van der Waals surface area contributed by atoms with Gasteiger partial charge in [0, 0.05) is 6.54 Å². The standard InChI is InChI=1S/C13H16N2O/c1-9-5-6-10-12(8-9)15-7-3-2-4-11(15)13(16)14-10/h5-6,8,11H,2-4,7H2,1H3,(H,14,16). The Bertz CT molecular complexity index is 442. The van der Waals surface area contributed by atoms with E-state index in [1.807, 2.05) is 12.1 Å². The summed E-state index contributed by atoms with van der Waals surface area (Å²) in [4.78, 5) is 14.2. The van der Waals surface area contributed by atoms with E-state index in [1.54, 1.807) is 0 Å². The van der Waals surface area contributed by atoms with Crippen molar-refractivity contribution in [2.45, 2.75) is 32.2 Å². The smallest absolute Gasteiger partial charge is 0.247 e. The van der Waals surface area contributed by atoms with Gasteiger partial charge < -0.3 is 10.2 Å². The Balaban J connectivity index is 2.07. The van der Waals surface area contributed by atoms with Gasteiger partial charge in [0.05, 0.1) is 11.4 Å². The van der Waals surface area contributed by atoms with Crippen molar-refractivity contribution in [1.29, 1.82) is 0 Å². The summed E-state index contributed by atoms with van der Waals surface area (Å²) in [7, 11) is 0. The van der Waals surface area contributed by atoms with Crippen LogP contribution in [0.15, 0.2) is 18.2 Å². The van der Waals surface area contributed by atoms with Crippen molar-refractivity contribution < 1.29 is 4.79 Å². The quantitative estimate of drug-likeness (QED) is 0.721. The predicted octanol–water partition coefficient (Wildman–Crippen LogP) is 2.31. The molecule has 0 spiro atoms. The van der Waals surface area contributed by atoms with Gasteiger partial charge in [-0.1, -0.05) is 6.07 Å². The third kappa shape index (κ3) is 1.39. The number of amides is 1. The van der Waals surface area contributed by atoms with Crippen molar-refractivity contribution in [3.8, 4) is 0 Å². The number of hydrogen-bond acceptors (Lipinski definition) is 2. The summed E-state index contributed by atoms with van der Waals surface area (Å²) in [5.41, 5.74) is 3.41. The zero-order valence-corrected chi connectivity index (χ0v) is 9.49. The maximum atomic E-state index is 11.9. The van der Waals surface area contributed by atoms with Crippen molar-refractivity contribution in [1.82, 2.24) is 0 Å². The average molecular weight is 216 g/mol. The first-order chi connectivity index (χ1) is 7.75. The summed E-state index contributed by atoms with van der Waals surface area (Å²) >= 11 is 0. The van der Waals surface area contributed by atoms with Gasteiger partial charge >= 0.3 is 0 Å².